The van der Waals surface area contributed by atoms with Crippen LogP contribution in [0.3, 0.4) is 0 Å². The minimum absolute atomic E-state index is 0.0369. The number of halogens is 6. The second-order valence-electron chi connectivity index (χ2n) is 7.94. The minimum Gasteiger partial charge on any atom is -0.478 e. The Kier molecular flexibility index (Phi) is 5.53. The molecule has 1 aromatic heterocycles. The van der Waals surface area contributed by atoms with Crippen molar-refractivity contribution in [3.05, 3.63) is 75.7 Å². The first-order valence-electron chi connectivity index (χ1n) is 10.1. The lowest BCUT2D eigenvalue weighted by Crippen LogP contribution is -2.26. The van der Waals surface area contributed by atoms with Gasteiger partial charge in [0.2, 0.25) is 0 Å². The lowest BCUT2D eigenvalue weighted by atomic mass is 9.89. The van der Waals surface area contributed by atoms with E-state index in [1.807, 2.05) is 0 Å². The molecule has 1 N–H and O–H groups in total. The molecule has 0 aliphatic heterocycles. The average molecular weight is 482 g/mol. The molecule has 0 unspecified atom stereocenters. The molecule has 0 spiro atoms. The van der Waals surface area contributed by atoms with E-state index in [2.05, 4.69) is 5.10 Å². The van der Waals surface area contributed by atoms with Gasteiger partial charge < -0.3 is 5.11 Å². The number of aryl methyl sites for hydroxylation is 1. The van der Waals surface area contributed by atoms with Gasteiger partial charge in [-0.3, -0.25) is 4.79 Å². The molecule has 0 atom stereocenters. The molecule has 4 rings (SSSR count). The topological polar surface area (TPSA) is 72.2 Å². The molecule has 0 amide bonds. The molecule has 0 bridgehead atoms. The van der Waals surface area contributed by atoms with Crippen molar-refractivity contribution < 1.29 is 41.0 Å². The van der Waals surface area contributed by atoms with Gasteiger partial charge in [-0.1, -0.05) is 12.1 Å². The van der Waals surface area contributed by atoms with Crippen LogP contribution in [0.15, 0.2) is 36.4 Å². The van der Waals surface area contributed by atoms with E-state index < -0.39 is 69.7 Å². The van der Waals surface area contributed by atoms with Gasteiger partial charge in [0.05, 0.1) is 27.9 Å². The highest BCUT2D eigenvalue weighted by molar-refractivity contribution is 5.99. The van der Waals surface area contributed by atoms with E-state index in [0.29, 0.717) is 16.8 Å². The summed E-state index contributed by atoms with van der Waals surface area (Å²) in [5.74, 6) is -7.42. The summed E-state index contributed by atoms with van der Waals surface area (Å²) in [6, 6.07) is 5.64. The maximum atomic E-state index is 14.9. The molecule has 178 valence electrons. The van der Waals surface area contributed by atoms with Crippen molar-refractivity contribution in [2.24, 2.45) is 0 Å². The minimum atomic E-state index is -4.89. The number of hydrogen-bond donors (Lipinski definition) is 1. The molecule has 3 aromatic rings. The molecular formula is C23H16F6N2O3. The van der Waals surface area contributed by atoms with Crippen LogP contribution in [0.4, 0.5) is 26.3 Å². The Labute approximate surface area is 188 Å². The van der Waals surface area contributed by atoms with Gasteiger partial charge in [-0.25, -0.2) is 18.0 Å². The number of aromatic carboxylic acids is 1. The molecule has 1 aliphatic rings. The normalized spacial score (nSPS) is 15.1. The van der Waals surface area contributed by atoms with Crippen molar-refractivity contribution in [1.82, 2.24) is 9.78 Å². The van der Waals surface area contributed by atoms with Crippen LogP contribution in [0.5, 0.6) is 0 Å². The summed E-state index contributed by atoms with van der Waals surface area (Å²) < 4.78 is 85.9. The van der Waals surface area contributed by atoms with Gasteiger partial charge in [0.25, 0.3) is 11.8 Å². The average Bonchev–Trinajstić information content (AvgIpc) is 3.13. The van der Waals surface area contributed by atoms with E-state index >= 15 is 0 Å². The van der Waals surface area contributed by atoms with E-state index in [-0.39, 0.29) is 24.1 Å². The number of hydrogen-bond acceptors (Lipinski definition) is 3. The monoisotopic (exact) mass is 482 g/mol. The number of nitrogens with zero attached hydrogens (tertiary/aromatic N) is 2. The molecule has 1 heterocycles. The third-order valence-electron chi connectivity index (χ3n) is 5.71. The summed E-state index contributed by atoms with van der Waals surface area (Å²) >= 11 is 0. The third kappa shape index (κ3) is 3.84. The van der Waals surface area contributed by atoms with E-state index in [4.69, 9.17) is 5.11 Å². The third-order valence-corrected chi connectivity index (χ3v) is 5.71. The van der Waals surface area contributed by atoms with Crippen molar-refractivity contribution in [1.29, 1.82) is 0 Å². The summed E-state index contributed by atoms with van der Waals surface area (Å²) in [5.41, 5.74) is -4.65. The number of carbonyl (C=O) groups is 2. The first-order valence-corrected chi connectivity index (χ1v) is 10.1. The lowest BCUT2D eigenvalue weighted by molar-refractivity contribution is -0.138. The Morgan fingerprint density at radius 1 is 1.15 bits per heavy atom. The molecule has 2 aromatic carbocycles. The molecular weight excluding hydrogens is 466 g/mol. The summed E-state index contributed by atoms with van der Waals surface area (Å²) in [5, 5.41) is 12.9. The Balaban J connectivity index is 1.97. The van der Waals surface area contributed by atoms with Crippen molar-refractivity contribution >= 4 is 11.9 Å². The summed E-state index contributed by atoms with van der Waals surface area (Å²) in [4.78, 5) is 24.4. The number of alkyl halides is 5. The van der Waals surface area contributed by atoms with Gasteiger partial charge in [-0.05, 0) is 49.6 Å². The smallest absolute Gasteiger partial charge is 0.417 e. The van der Waals surface area contributed by atoms with Crippen LogP contribution in [0.1, 0.15) is 55.9 Å². The number of benzene rings is 2. The zero-order chi connectivity index (χ0) is 25.0. The van der Waals surface area contributed by atoms with Crippen LogP contribution in [0.2, 0.25) is 0 Å². The summed E-state index contributed by atoms with van der Waals surface area (Å²) in [6.45, 7) is 1.28. The predicted octanol–water partition coefficient (Wildman–Crippen LogP) is 5.83. The zero-order valence-electron chi connectivity index (χ0n) is 17.5. The largest absolute Gasteiger partial charge is 0.478 e. The fraction of sp³-hybridized carbons (Fsp3) is 0.261. The van der Waals surface area contributed by atoms with E-state index in [1.54, 1.807) is 0 Å². The molecule has 0 saturated carbocycles. The summed E-state index contributed by atoms with van der Waals surface area (Å²) in [6.07, 6.45) is -5.68. The number of rotatable bonds is 3. The van der Waals surface area contributed by atoms with Crippen LogP contribution < -0.4 is 0 Å². The summed E-state index contributed by atoms with van der Waals surface area (Å²) in [7, 11) is 0. The molecule has 1 aliphatic carbocycles. The molecule has 5 nitrogen and oxygen atoms in total. The first kappa shape index (κ1) is 23.5. The Morgan fingerprint density at radius 3 is 2.47 bits per heavy atom. The van der Waals surface area contributed by atoms with E-state index in [1.165, 1.54) is 13.0 Å². The molecule has 0 radical (unpaired) electrons. The standard InChI is InChI=1S/C23H16F6N2O3/c1-11-4-2-5-14(23(27,28)29)17(11)20(32)31-16-6-3-9-22(25,26)18(16)19(30-31)13-8-7-12(21(33)34)10-15(13)24/h2,4-5,7-8,10H,3,6,9H2,1H3,(H,33,34). The van der Waals surface area contributed by atoms with Crippen LogP contribution in [-0.2, 0) is 18.5 Å². The van der Waals surface area contributed by atoms with Crippen molar-refractivity contribution in [2.45, 2.75) is 38.3 Å². The first-order chi connectivity index (χ1) is 15.8. The predicted molar refractivity (Wildman–Crippen MR) is 107 cm³/mol. The number of carboxylic acids is 1. The Bertz CT molecular complexity index is 1330. The molecule has 0 fully saturated rings. The van der Waals surface area contributed by atoms with Crippen LogP contribution in [0.25, 0.3) is 11.3 Å². The number of carboxylic acid groups (broad SMARTS) is 1. The fourth-order valence-corrected chi connectivity index (χ4v) is 4.16. The van der Waals surface area contributed by atoms with Gasteiger partial charge >= 0.3 is 12.1 Å². The van der Waals surface area contributed by atoms with Crippen molar-refractivity contribution in [2.75, 3.05) is 0 Å². The lowest BCUT2D eigenvalue weighted by Gasteiger charge is -2.23. The van der Waals surface area contributed by atoms with E-state index in [0.717, 1.165) is 18.2 Å². The Hall–Kier alpha value is -3.63. The number of carbonyl (C=O) groups excluding carboxylic acids is 1. The molecule has 0 saturated heterocycles. The SMILES string of the molecule is Cc1cccc(C(F)(F)F)c1C(=O)n1nc(-c2ccc(C(=O)O)cc2F)c2c1CCCC2(F)F. The highest BCUT2D eigenvalue weighted by Crippen LogP contribution is 2.46. The van der Waals surface area contributed by atoms with Crippen LogP contribution in [0, 0.1) is 12.7 Å². The van der Waals surface area contributed by atoms with Gasteiger partial charge in [0.15, 0.2) is 0 Å². The van der Waals surface area contributed by atoms with Crippen molar-refractivity contribution in [3.63, 3.8) is 0 Å². The highest BCUT2D eigenvalue weighted by Gasteiger charge is 2.45. The maximum Gasteiger partial charge on any atom is 0.417 e. The number of fused-ring (bicyclic) bond motifs is 1. The fourth-order valence-electron chi connectivity index (χ4n) is 4.16. The van der Waals surface area contributed by atoms with Gasteiger partial charge in [-0.2, -0.15) is 23.0 Å². The zero-order valence-corrected chi connectivity index (χ0v) is 17.5. The molecule has 11 heteroatoms. The van der Waals surface area contributed by atoms with Gasteiger partial charge in [0, 0.05) is 12.0 Å². The quantitative estimate of drug-likeness (QED) is 0.477. The van der Waals surface area contributed by atoms with Crippen LogP contribution in [-0.4, -0.2) is 26.8 Å². The Morgan fingerprint density at radius 2 is 1.85 bits per heavy atom. The van der Waals surface area contributed by atoms with Gasteiger partial charge in [-0.15, -0.1) is 0 Å². The second kappa shape index (κ2) is 8.00. The maximum absolute atomic E-state index is 14.9. The molecule has 34 heavy (non-hydrogen) atoms. The van der Waals surface area contributed by atoms with Crippen molar-refractivity contribution in [3.8, 4) is 11.3 Å². The van der Waals surface area contributed by atoms with Gasteiger partial charge in [0.1, 0.15) is 11.5 Å². The van der Waals surface area contributed by atoms with E-state index in [9.17, 15) is 35.9 Å². The second-order valence-corrected chi connectivity index (χ2v) is 7.94. The highest BCUT2D eigenvalue weighted by atomic mass is 19.4. The van der Waals surface area contributed by atoms with Crippen LogP contribution >= 0.6 is 0 Å². The number of aromatic nitrogens is 2.